The van der Waals surface area contributed by atoms with Gasteiger partial charge in [0.05, 0.1) is 0 Å². The second-order valence-corrected chi connectivity index (χ2v) is 4.84. The van der Waals surface area contributed by atoms with Crippen LogP contribution in [-0.4, -0.2) is 77.4 Å². The Morgan fingerprint density at radius 1 is 1.42 bits per heavy atom. The van der Waals surface area contributed by atoms with Crippen LogP contribution in [0, 0.1) is 0 Å². The van der Waals surface area contributed by atoms with Crippen molar-refractivity contribution in [3.63, 3.8) is 0 Å². The van der Waals surface area contributed by atoms with Crippen molar-refractivity contribution in [2.75, 3.05) is 33.3 Å². The number of nitrogens with one attached hydrogen (secondary N) is 1. The first-order valence-corrected chi connectivity index (χ1v) is 6.58. The number of aliphatic hydroxyl groups is 1. The Labute approximate surface area is 113 Å². The van der Waals surface area contributed by atoms with Crippen LogP contribution in [0.2, 0.25) is 0 Å². The molecule has 3 N–H and O–H groups in total. The van der Waals surface area contributed by atoms with E-state index in [1.165, 1.54) is 0 Å². The smallest absolute Gasteiger partial charge is 0.326 e. The summed E-state index contributed by atoms with van der Waals surface area (Å²) in [4.78, 5) is 26.8. The van der Waals surface area contributed by atoms with Crippen LogP contribution in [0.4, 0.5) is 4.79 Å². The van der Waals surface area contributed by atoms with Gasteiger partial charge in [-0.25, -0.2) is 9.59 Å². The van der Waals surface area contributed by atoms with E-state index < -0.39 is 12.0 Å². The number of nitrogens with zero attached hydrogens (tertiary/aromatic N) is 2. The molecule has 0 aliphatic carbocycles. The highest BCUT2D eigenvalue weighted by Gasteiger charge is 2.28. The summed E-state index contributed by atoms with van der Waals surface area (Å²) in [5.41, 5.74) is 0. The van der Waals surface area contributed by atoms with Gasteiger partial charge in [0.2, 0.25) is 0 Å². The Morgan fingerprint density at radius 2 is 2.11 bits per heavy atom. The molecule has 1 aliphatic heterocycles. The summed E-state index contributed by atoms with van der Waals surface area (Å²) in [7, 11) is 2.02. The molecule has 0 radical (unpaired) electrons. The number of carbonyl (C=O) groups is 2. The maximum atomic E-state index is 12.0. The van der Waals surface area contributed by atoms with Crippen LogP contribution in [-0.2, 0) is 4.79 Å². The quantitative estimate of drug-likeness (QED) is 0.631. The number of piperazine rings is 1. The first kappa shape index (κ1) is 15.7. The van der Waals surface area contributed by atoms with E-state index in [9.17, 15) is 9.59 Å². The number of amides is 2. The van der Waals surface area contributed by atoms with Gasteiger partial charge in [-0.1, -0.05) is 6.92 Å². The van der Waals surface area contributed by atoms with E-state index in [2.05, 4.69) is 17.1 Å². The SMILES string of the molecule is CCC1CN(C(=O)NC(CCO)C(=O)O)CCN1C. The molecule has 0 spiro atoms. The standard InChI is InChI=1S/C12H23N3O4/c1-3-9-8-15(6-5-14(9)2)12(19)13-10(4-7-16)11(17)18/h9-10,16H,3-8H2,1-2H3,(H,13,19)(H,17,18). The number of carbonyl (C=O) groups excluding carboxylic acids is 1. The van der Waals surface area contributed by atoms with Crippen molar-refractivity contribution in [2.45, 2.75) is 31.8 Å². The molecule has 0 saturated carbocycles. The lowest BCUT2D eigenvalue weighted by atomic mass is 10.1. The molecular weight excluding hydrogens is 250 g/mol. The van der Waals surface area contributed by atoms with Crippen molar-refractivity contribution < 1.29 is 19.8 Å². The van der Waals surface area contributed by atoms with Crippen LogP contribution < -0.4 is 5.32 Å². The zero-order chi connectivity index (χ0) is 14.4. The minimum absolute atomic E-state index is 0.0199. The van der Waals surface area contributed by atoms with E-state index in [0.29, 0.717) is 19.1 Å². The molecule has 2 unspecified atom stereocenters. The van der Waals surface area contributed by atoms with Gasteiger partial charge in [-0.3, -0.25) is 4.90 Å². The molecule has 1 fully saturated rings. The van der Waals surface area contributed by atoms with Crippen molar-refractivity contribution in [1.29, 1.82) is 0 Å². The fourth-order valence-corrected chi connectivity index (χ4v) is 2.20. The second kappa shape index (κ2) is 7.30. The third-order valence-corrected chi connectivity index (χ3v) is 3.55. The molecule has 19 heavy (non-hydrogen) atoms. The Bertz CT molecular complexity index is 324. The lowest BCUT2D eigenvalue weighted by molar-refractivity contribution is -0.139. The largest absolute Gasteiger partial charge is 0.480 e. The molecule has 0 aromatic carbocycles. The van der Waals surface area contributed by atoms with E-state index in [4.69, 9.17) is 10.2 Å². The van der Waals surface area contributed by atoms with Gasteiger partial charge in [-0.05, 0) is 13.5 Å². The molecular formula is C12H23N3O4. The van der Waals surface area contributed by atoms with Crippen LogP contribution in [0.1, 0.15) is 19.8 Å². The topological polar surface area (TPSA) is 93.1 Å². The molecule has 0 aromatic heterocycles. The molecule has 2 atom stereocenters. The molecule has 1 heterocycles. The minimum Gasteiger partial charge on any atom is -0.480 e. The Kier molecular flexibility index (Phi) is 6.04. The first-order chi connectivity index (χ1) is 8.99. The maximum Gasteiger partial charge on any atom is 0.326 e. The first-order valence-electron chi connectivity index (χ1n) is 6.58. The number of hydrogen-bond donors (Lipinski definition) is 3. The van der Waals surface area contributed by atoms with Crippen molar-refractivity contribution in [3.05, 3.63) is 0 Å². The average molecular weight is 273 g/mol. The van der Waals surface area contributed by atoms with Crippen LogP contribution in [0.25, 0.3) is 0 Å². The van der Waals surface area contributed by atoms with Crippen molar-refractivity contribution >= 4 is 12.0 Å². The predicted octanol–water partition coefficient (Wildman–Crippen LogP) is -0.442. The van der Waals surface area contributed by atoms with Crippen LogP contribution in [0.5, 0.6) is 0 Å². The second-order valence-electron chi connectivity index (χ2n) is 4.84. The molecule has 1 aliphatic rings. The van der Waals surface area contributed by atoms with Gasteiger partial charge < -0.3 is 20.4 Å². The van der Waals surface area contributed by atoms with Crippen LogP contribution in [0.15, 0.2) is 0 Å². The summed E-state index contributed by atoms with van der Waals surface area (Å²) in [6.45, 7) is 3.77. The van der Waals surface area contributed by atoms with Gasteiger partial charge in [-0.2, -0.15) is 0 Å². The van der Waals surface area contributed by atoms with Gasteiger partial charge in [0, 0.05) is 38.7 Å². The molecule has 0 bridgehead atoms. The number of hydrogen-bond acceptors (Lipinski definition) is 4. The number of aliphatic hydroxyl groups excluding tert-OH is 1. The fourth-order valence-electron chi connectivity index (χ4n) is 2.20. The number of carboxylic acid groups (broad SMARTS) is 1. The zero-order valence-corrected chi connectivity index (χ0v) is 11.5. The van der Waals surface area contributed by atoms with Gasteiger partial charge in [-0.15, -0.1) is 0 Å². The number of carboxylic acids is 1. The summed E-state index contributed by atoms with van der Waals surface area (Å²) >= 11 is 0. The summed E-state index contributed by atoms with van der Waals surface area (Å²) in [6.07, 6.45) is 0.964. The molecule has 1 rings (SSSR count). The average Bonchev–Trinajstić information content (AvgIpc) is 2.38. The summed E-state index contributed by atoms with van der Waals surface area (Å²) in [5.74, 6) is -1.12. The molecule has 7 heteroatoms. The van der Waals surface area contributed by atoms with Gasteiger partial charge >= 0.3 is 12.0 Å². The van der Waals surface area contributed by atoms with E-state index in [0.717, 1.165) is 13.0 Å². The monoisotopic (exact) mass is 273 g/mol. The number of likely N-dealkylation sites (N-methyl/N-ethyl adjacent to an activating group) is 1. The third-order valence-electron chi connectivity index (χ3n) is 3.55. The predicted molar refractivity (Wildman–Crippen MR) is 69.9 cm³/mol. The number of urea groups is 1. The molecule has 1 saturated heterocycles. The Hall–Kier alpha value is -1.34. The van der Waals surface area contributed by atoms with Crippen LogP contribution in [0.3, 0.4) is 0 Å². The highest BCUT2D eigenvalue weighted by molar-refractivity contribution is 5.82. The molecule has 7 nitrogen and oxygen atoms in total. The van der Waals surface area contributed by atoms with Gasteiger partial charge in [0.15, 0.2) is 0 Å². The maximum absolute atomic E-state index is 12.0. The lowest BCUT2D eigenvalue weighted by Gasteiger charge is -2.39. The Balaban J connectivity index is 2.55. The van der Waals surface area contributed by atoms with Crippen molar-refractivity contribution in [2.24, 2.45) is 0 Å². The molecule has 0 aromatic rings. The highest BCUT2D eigenvalue weighted by Crippen LogP contribution is 2.11. The molecule has 2 amide bonds. The summed E-state index contributed by atoms with van der Waals surface area (Å²) < 4.78 is 0. The van der Waals surface area contributed by atoms with Crippen molar-refractivity contribution in [3.8, 4) is 0 Å². The van der Waals surface area contributed by atoms with Crippen LogP contribution >= 0.6 is 0 Å². The van der Waals surface area contributed by atoms with Crippen molar-refractivity contribution in [1.82, 2.24) is 15.1 Å². The summed E-state index contributed by atoms with van der Waals surface area (Å²) in [6, 6.07) is -1.09. The summed E-state index contributed by atoms with van der Waals surface area (Å²) in [5, 5.41) is 20.2. The Morgan fingerprint density at radius 3 is 2.63 bits per heavy atom. The number of rotatable bonds is 5. The molecule has 110 valence electrons. The van der Waals surface area contributed by atoms with Gasteiger partial charge in [0.1, 0.15) is 6.04 Å². The van der Waals surface area contributed by atoms with Gasteiger partial charge in [0.25, 0.3) is 0 Å². The normalized spacial score (nSPS) is 22.1. The van der Waals surface area contributed by atoms with E-state index in [1.54, 1.807) is 4.90 Å². The minimum atomic E-state index is -1.12. The fraction of sp³-hybridized carbons (Fsp3) is 0.833. The van der Waals surface area contributed by atoms with E-state index >= 15 is 0 Å². The third kappa shape index (κ3) is 4.36. The van der Waals surface area contributed by atoms with E-state index in [1.807, 2.05) is 7.05 Å². The number of aliphatic carboxylic acids is 1. The lowest BCUT2D eigenvalue weighted by Crippen LogP contribution is -2.57. The van der Waals surface area contributed by atoms with E-state index in [-0.39, 0.29) is 19.1 Å². The zero-order valence-electron chi connectivity index (χ0n) is 11.5. The highest BCUT2D eigenvalue weighted by atomic mass is 16.4.